The molecule has 112 valence electrons. The zero-order valence-electron chi connectivity index (χ0n) is 11.6. The molecule has 0 spiro atoms. The highest BCUT2D eigenvalue weighted by atomic mass is 35.5. The number of pyridine rings is 1. The van der Waals surface area contributed by atoms with Crippen LogP contribution in [0.2, 0.25) is 10.0 Å². The Hall–Kier alpha value is -1.78. The van der Waals surface area contributed by atoms with Crippen molar-refractivity contribution in [3.8, 4) is 0 Å². The van der Waals surface area contributed by atoms with Crippen molar-refractivity contribution < 1.29 is 9.18 Å². The summed E-state index contributed by atoms with van der Waals surface area (Å²) in [6, 6.07) is 5.53. The molecule has 0 fully saturated rings. The summed E-state index contributed by atoms with van der Waals surface area (Å²) in [6.07, 6.45) is 1.64. The fourth-order valence-electron chi connectivity index (χ4n) is 2.40. The van der Waals surface area contributed by atoms with Gasteiger partial charge in [-0.3, -0.25) is 14.8 Å². The molecule has 0 saturated carbocycles. The maximum absolute atomic E-state index is 14.2. The maximum Gasteiger partial charge on any atom is 0.161 e. The SMILES string of the molecule is C[C@@H]1N=C(c2ncccc2F)c2c(ccc(Cl)c2Cl)CC1=O. The van der Waals surface area contributed by atoms with Gasteiger partial charge in [0.2, 0.25) is 0 Å². The van der Waals surface area contributed by atoms with Crippen molar-refractivity contribution in [2.75, 3.05) is 0 Å². The van der Waals surface area contributed by atoms with Crippen molar-refractivity contribution in [1.82, 2.24) is 4.98 Å². The van der Waals surface area contributed by atoms with Crippen molar-refractivity contribution >= 4 is 34.7 Å². The van der Waals surface area contributed by atoms with Gasteiger partial charge in [0.1, 0.15) is 11.7 Å². The number of aliphatic imine (C=N–C) groups is 1. The zero-order valence-corrected chi connectivity index (χ0v) is 13.1. The van der Waals surface area contributed by atoms with Gasteiger partial charge in [-0.25, -0.2) is 4.39 Å². The van der Waals surface area contributed by atoms with Gasteiger partial charge in [-0.1, -0.05) is 29.3 Å². The van der Waals surface area contributed by atoms with Crippen molar-refractivity contribution in [3.63, 3.8) is 0 Å². The monoisotopic (exact) mass is 336 g/mol. The van der Waals surface area contributed by atoms with E-state index in [1.165, 1.54) is 18.3 Å². The van der Waals surface area contributed by atoms with Gasteiger partial charge >= 0.3 is 0 Å². The second-order valence-corrected chi connectivity index (χ2v) is 5.81. The van der Waals surface area contributed by atoms with Crippen LogP contribution in [0.5, 0.6) is 0 Å². The highest BCUT2D eigenvalue weighted by Crippen LogP contribution is 2.33. The highest BCUT2D eigenvalue weighted by Gasteiger charge is 2.28. The molecular formula is C16H11Cl2FN2O. The molecule has 3 rings (SSSR count). The van der Waals surface area contributed by atoms with E-state index in [-0.39, 0.29) is 28.6 Å². The number of benzene rings is 1. The number of fused-ring (bicyclic) bond motifs is 1. The van der Waals surface area contributed by atoms with Crippen LogP contribution in [-0.4, -0.2) is 22.5 Å². The molecule has 0 saturated heterocycles. The van der Waals surface area contributed by atoms with Gasteiger partial charge in [0, 0.05) is 18.2 Å². The Kier molecular flexibility index (Phi) is 3.98. The largest absolute Gasteiger partial charge is 0.297 e. The first-order valence-electron chi connectivity index (χ1n) is 6.67. The average Bonchev–Trinajstić information content (AvgIpc) is 2.61. The maximum atomic E-state index is 14.2. The van der Waals surface area contributed by atoms with Gasteiger partial charge in [-0.2, -0.15) is 0 Å². The number of ketones is 1. The molecule has 2 heterocycles. The molecule has 6 heteroatoms. The Balaban J connectivity index is 2.33. The highest BCUT2D eigenvalue weighted by molar-refractivity contribution is 6.44. The third-order valence-corrected chi connectivity index (χ3v) is 4.36. The number of Topliss-reactive ketones (excluding diaryl/α,β-unsaturated/α-hetero) is 1. The summed E-state index contributed by atoms with van der Waals surface area (Å²) < 4.78 is 14.2. The van der Waals surface area contributed by atoms with E-state index >= 15 is 0 Å². The van der Waals surface area contributed by atoms with Crippen molar-refractivity contribution in [2.45, 2.75) is 19.4 Å². The van der Waals surface area contributed by atoms with Crippen LogP contribution in [0.25, 0.3) is 0 Å². The summed E-state index contributed by atoms with van der Waals surface area (Å²) in [6.45, 7) is 1.67. The second-order valence-electron chi connectivity index (χ2n) is 5.03. The number of hydrogen-bond acceptors (Lipinski definition) is 3. The first-order valence-corrected chi connectivity index (χ1v) is 7.43. The lowest BCUT2D eigenvalue weighted by atomic mass is 9.97. The normalized spacial score (nSPS) is 17.7. The zero-order chi connectivity index (χ0) is 15.9. The van der Waals surface area contributed by atoms with Crippen LogP contribution in [0.1, 0.15) is 23.7 Å². The van der Waals surface area contributed by atoms with E-state index in [4.69, 9.17) is 23.2 Å². The Morgan fingerprint density at radius 3 is 2.77 bits per heavy atom. The van der Waals surface area contributed by atoms with Gasteiger partial charge < -0.3 is 0 Å². The summed E-state index contributed by atoms with van der Waals surface area (Å²) >= 11 is 12.4. The lowest BCUT2D eigenvalue weighted by molar-refractivity contribution is -0.119. The molecule has 22 heavy (non-hydrogen) atoms. The van der Waals surface area contributed by atoms with E-state index in [0.717, 1.165) is 0 Å². The van der Waals surface area contributed by atoms with E-state index in [9.17, 15) is 9.18 Å². The summed E-state index contributed by atoms with van der Waals surface area (Å²) in [4.78, 5) is 20.5. The first-order chi connectivity index (χ1) is 10.5. The third kappa shape index (κ3) is 2.53. The number of carbonyl (C=O) groups is 1. The molecular weight excluding hydrogens is 326 g/mol. The summed E-state index contributed by atoms with van der Waals surface area (Å²) in [5.74, 6) is -0.587. The van der Waals surface area contributed by atoms with Crippen LogP contribution in [0.15, 0.2) is 35.5 Å². The summed E-state index contributed by atoms with van der Waals surface area (Å²) in [5.41, 5.74) is 1.48. The van der Waals surface area contributed by atoms with Crippen LogP contribution < -0.4 is 0 Å². The molecule has 0 amide bonds. The first kappa shape index (κ1) is 15.1. The van der Waals surface area contributed by atoms with Crippen molar-refractivity contribution in [1.29, 1.82) is 0 Å². The molecule has 2 aromatic rings. The Bertz CT molecular complexity index is 805. The summed E-state index contributed by atoms with van der Waals surface area (Å²) in [7, 11) is 0. The predicted octanol–water partition coefficient (Wildman–Crippen LogP) is 3.88. The van der Waals surface area contributed by atoms with E-state index in [2.05, 4.69) is 9.98 Å². The number of rotatable bonds is 1. The molecule has 0 bridgehead atoms. The minimum absolute atomic E-state index is 0.0639. The topological polar surface area (TPSA) is 42.3 Å². The van der Waals surface area contributed by atoms with Crippen LogP contribution in [0, 0.1) is 5.82 Å². The smallest absolute Gasteiger partial charge is 0.161 e. The molecule has 1 aliphatic heterocycles. The lowest BCUT2D eigenvalue weighted by Crippen LogP contribution is -2.16. The molecule has 1 atom stereocenters. The number of halogens is 3. The van der Waals surface area contributed by atoms with Gasteiger partial charge in [-0.15, -0.1) is 0 Å². The Labute approximate surface area is 136 Å². The predicted molar refractivity (Wildman–Crippen MR) is 84.5 cm³/mol. The molecule has 0 radical (unpaired) electrons. The molecule has 0 aliphatic carbocycles. The number of hydrogen-bond donors (Lipinski definition) is 0. The lowest BCUT2D eigenvalue weighted by Gasteiger charge is -2.12. The number of nitrogens with zero attached hydrogens (tertiary/aromatic N) is 2. The average molecular weight is 337 g/mol. The molecule has 1 aromatic carbocycles. The second kappa shape index (κ2) is 5.78. The molecule has 3 nitrogen and oxygen atoms in total. The van der Waals surface area contributed by atoms with Gasteiger partial charge in [-0.05, 0) is 30.7 Å². The van der Waals surface area contributed by atoms with Crippen LogP contribution in [0.4, 0.5) is 4.39 Å². The fraction of sp³-hybridized carbons (Fsp3) is 0.188. The van der Waals surface area contributed by atoms with E-state index < -0.39 is 11.9 Å². The molecule has 0 N–H and O–H groups in total. The fourth-order valence-corrected chi connectivity index (χ4v) is 2.83. The van der Waals surface area contributed by atoms with E-state index in [1.807, 2.05) is 0 Å². The molecule has 1 aliphatic rings. The van der Waals surface area contributed by atoms with Gasteiger partial charge in [0.05, 0.1) is 15.8 Å². The minimum atomic E-state index is -0.598. The van der Waals surface area contributed by atoms with Crippen molar-refractivity contribution in [3.05, 3.63) is 63.1 Å². The van der Waals surface area contributed by atoms with Crippen LogP contribution >= 0.6 is 23.2 Å². The van der Waals surface area contributed by atoms with Gasteiger partial charge in [0.25, 0.3) is 0 Å². The molecule has 1 aromatic heterocycles. The minimum Gasteiger partial charge on any atom is -0.297 e. The molecule has 0 unspecified atom stereocenters. The number of aromatic nitrogens is 1. The van der Waals surface area contributed by atoms with Crippen LogP contribution in [-0.2, 0) is 11.2 Å². The van der Waals surface area contributed by atoms with Crippen LogP contribution in [0.3, 0.4) is 0 Å². The van der Waals surface area contributed by atoms with Crippen molar-refractivity contribution in [2.24, 2.45) is 4.99 Å². The Morgan fingerprint density at radius 2 is 2.05 bits per heavy atom. The number of carbonyl (C=O) groups excluding carboxylic acids is 1. The quantitative estimate of drug-likeness (QED) is 0.793. The Morgan fingerprint density at radius 1 is 1.27 bits per heavy atom. The third-order valence-electron chi connectivity index (χ3n) is 3.55. The van der Waals surface area contributed by atoms with E-state index in [0.29, 0.717) is 16.1 Å². The standard InChI is InChI=1S/C16H11Cl2FN2O/c1-8-12(22)7-9-4-5-10(17)14(18)13(9)16(21-8)15-11(19)3-2-6-20-15/h2-6,8H,7H2,1H3/t8-/m0/s1. The van der Waals surface area contributed by atoms with E-state index in [1.54, 1.807) is 19.1 Å². The summed E-state index contributed by atoms with van der Waals surface area (Å²) in [5, 5.41) is 0.580. The van der Waals surface area contributed by atoms with Gasteiger partial charge in [0.15, 0.2) is 11.6 Å².